The number of hydrogen-bond acceptors (Lipinski definition) is 5. The third kappa shape index (κ3) is 3.16. The number of rotatable bonds is 3. The van der Waals surface area contributed by atoms with Crippen molar-refractivity contribution in [2.45, 2.75) is 50.3 Å². The van der Waals surface area contributed by atoms with E-state index in [1.807, 2.05) is 19.1 Å². The summed E-state index contributed by atoms with van der Waals surface area (Å²) in [6.45, 7) is -3.91. The monoisotopic (exact) mass is 504 g/mol. The lowest BCUT2D eigenvalue weighted by Gasteiger charge is -2.23. The molecular weight excluding hydrogens is 476 g/mol. The lowest BCUT2D eigenvalue weighted by molar-refractivity contribution is -0.0505. The number of amides is 1. The maximum absolute atomic E-state index is 13.6. The molecule has 7 nitrogen and oxygen atoms in total. The van der Waals surface area contributed by atoms with Crippen LogP contribution in [0.2, 0.25) is 0 Å². The zero-order valence-corrected chi connectivity index (χ0v) is 19.9. The van der Waals surface area contributed by atoms with Crippen LogP contribution >= 0.6 is 0 Å². The molecule has 2 N–H and O–H groups in total. The molecule has 0 radical (unpaired) electrons. The van der Waals surface area contributed by atoms with Gasteiger partial charge in [0.25, 0.3) is 5.91 Å². The van der Waals surface area contributed by atoms with Crippen molar-refractivity contribution in [3.8, 4) is 16.9 Å². The fraction of sp³-hybridized carbons (Fsp3) is 0.321. The van der Waals surface area contributed by atoms with Gasteiger partial charge in [0.05, 0.1) is 28.5 Å². The summed E-state index contributed by atoms with van der Waals surface area (Å²) in [6, 6.07) is 9.34. The van der Waals surface area contributed by atoms with E-state index in [0.717, 1.165) is 40.1 Å². The van der Waals surface area contributed by atoms with E-state index < -0.39 is 37.0 Å². The van der Waals surface area contributed by atoms with E-state index in [2.05, 4.69) is 11.1 Å². The highest BCUT2D eigenvalue weighted by Crippen LogP contribution is 2.53. The molecule has 0 saturated carbocycles. The average molecular weight is 505 g/mol. The van der Waals surface area contributed by atoms with Crippen molar-refractivity contribution >= 4 is 11.4 Å². The van der Waals surface area contributed by atoms with Crippen LogP contribution in [0, 0.1) is 0 Å². The van der Waals surface area contributed by atoms with Gasteiger partial charge in [-0.2, -0.15) is 13.9 Å². The number of fused-ring (bicyclic) bond motifs is 10. The first-order chi connectivity index (χ1) is 18.9. The van der Waals surface area contributed by atoms with Crippen LogP contribution in [0.5, 0.6) is 5.75 Å². The molecule has 0 spiro atoms. The van der Waals surface area contributed by atoms with Gasteiger partial charge in [-0.1, -0.05) is 6.07 Å². The molecule has 4 aromatic rings. The van der Waals surface area contributed by atoms with Crippen molar-refractivity contribution in [1.82, 2.24) is 19.5 Å². The van der Waals surface area contributed by atoms with Crippen molar-refractivity contribution in [3.63, 3.8) is 0 Å². The molecule has 0 saturated heterocycles. The summed E-state index contributed by atoms with van der Waals surface area (Å²) in [5.41, 5.74) is 11.8. The van der Waals surface area contributed by atoms with Gasteiger partial charge in [0.2, 0.25) is 0 Å². The molecule has 2 bridgehead atoms. The zero-order chi connectivity index (χ0) is 28.1. The summed E-state index contributed by atoms with van der Waals surface area (Å²) in [4.78, 5) is 19.1. The van der Waals surface area contributed by atoms with Gasteiger partial charge in [0, 0.05) is 51.7 Å². The minimum absolute atomic E-state index is 0.0376. The Morgan fingerprint density at radius 3 is 2.92 bits per heavy atom. The van der Waals surface area contributed by atoms with E-state index in [9.17, 15) is 13.6 Å². The predicted octanol–water partition coefficient (Wildman–Crippen LogP) is 4.78. The average Bonchev–Trinajstić information content (AvgIpc) is 3.49. The van der Waals surface area contributed by atoms with Crippen LogP contribution < -0.4 is 10.5 Å². The first kappa shape index (κ1) is 19.3. The molecule has 188 valence electrons. The van der Waals surface area contributed by atoms with Gasteiger partial charge >= 0.3 is 6.61 Å². The van der Waals surface area contributed by atoms with Crippen molar-refractivity contribution in [2.75, 3.05) is 6.98 Å². The van der Waals surface area contributed by atoms with Gasteiger partial charge in [-0.05, 0) is 67.6 Å². The first-order valence-corrected chi connectivity index (χ1v) is 12.2. The predicted molar refractivity (Wildman–Crippen MR) is 133 cm³/mol. The standard InChI is InChI=1S/C28H25F2N5O2/c1-28(31)8-6-15-10-16(13-32-25(15)28)14-7-9-35-19(11-14)23-18-12-20(24(23)33-35)34(2)26(36)17-4-3-5-21(22(17)18)37-27(29)30/h3-5,7,9-11,13,18,20,27H,6,8,12,31H2,1-2H3/t18-,20-,28-/m1/s1/i2D3. The highest BCUT2D eigenvalue weighted by Gasteiger charge is 2.46. The third-order valence-electron chi connectivity index (χ3n) is 7.97. The van der Waals surface area contributed by atoms with E-state index in [1.165, 1.54) is 18.2 Å². The normalized spacial score (nSPS) is 25.4. The summed E-state index contributed by atoms with van der Waals surface area (Å²) >= 11 is 0. The van der Waals surface area contributed by atoms with Crippen molar-refractivity contribution < 1.29 is 22.4 Å². The quantitative estimate of drug-likeness (QED) is 0.434. The second-order valence-corrected chi connectivity index (χ2v) is 10.3. The lowest BCUT2D eigenvalue weighted by atomic mass is 9.88. The molecule has 37 heavy (non-hydrogen) atoms. The van der Waals surface area contributed by atoms with Crippen LogP contribution in [0.4, 0.5) is 8.78 Å². The number of pyridine rings is 2. The zero-order valence-electron chi connectivity index (χ0n) is 22.9. The van der Waals surface area contributed by atoms with Gasteiger partial charge in [-0.15, -0.1) is 0 Å². The van der Waals surface area contributed by atoms with Crippen molar-refractivity contribution in [3.05, 3.63) is 82.4 Å². The molecular formula is C28H25F2N5O2. The Morgan fingerprint density at radius 2 is 2.11 bits per heavy atom. The van der Waals surface area contributed by atoms with E-state index in [4.69, 9.17) is 19.7 Å². The summed E-state index contributed by atoms with van der Waals surface area (Å²) in [6.07, 6.45) is 5.41. The molecule has 9 heteroatoms. The molecule has 1 aromatic carbocycles. The maximum Gasteiger partial charge on any atom is 0.387 e. The Morgan fingerprint density at radius 1 is 1.24 bits per heavy atom. The molecule has 2 aliphatic carbocycles. The number of nitrogens with zero attached hydrogens (tertiary/aromatic N) is 4. The highest BCUT2D eigenvalue weighted by atomic mass is 19.3. The summed E-state index contributed by atoms with van der Waals surface area (Å²) in [7, 11) is 0. The Hall–Kier alpha value is -3.85. The van der Waals surface area contributed by atoms with Crippen LogP contribution in [0.1, 0.15) is 74.3 Å². The first-order valence-electron chi connectivity index (χ1n) is 13.7. The number of hydrogen-bond donors (Lipinski definition) is 1. The second kappa shape index (κ2) is 7.58. The van der Waals surface area contributed by atoms with E-state index >= 15 is 0 Å². The molecule has 3 aromatic heterocycles. The van der Waals surface area contributed by atoms with Crippen molar-refractivity contribution in [1.29, 1.82) is 0 Å². The number of nitrogens with two attached hydrogens (primary N) is 1. The third-order valence-corrected chi connectivity index (χ3v) is 7.97. The molecule has 7 rings (SSSR count). The summed E-state index contributed by atoms with van der Waals surface area (Å²) in [5, 5.41) is 4.70. The Labute approximate surface area is 216 Å². The molecule has 4 heterocycles. The number of alkyl halides is 2. The van der Waals surface area contributed by atoms with Gasteiger partial charge in [0.1, 0.15) is 5.75 Å². The molecule has 3 aliphatic rings. The van der Waals surface area contributed by atoms with E-state index in [0.29, 0.717) is 16.8 Å². The number of benzene rings is 1. The number of aryl methyl sites for hydroxylation is 1. The Kier molecular flexibility index (Phi) is 3.95. The number of halogens is 2. The molecule has 3 atom stereocenters. The van der Waals surface area contributed by atoms with E-state index in [-0.39, 0.29) is 23.3 Å². The fourth-order valence-electron chi connectivity index (χ4n) is 6.25. The number of carbonyl (C=O) groups excluding carboxylic acids is 1. The minimum Gasteiger partial charge on any atom is -0.434 e. The second-order valence-electron chi connectivity index (χ2n) is 10.3. The SMILES string of the molecule is [2H]C([2H])([2H])N1C(=O)c2cccc(OC(F)F)c2[C@H]2C[C@@H]1c1nn3ccc(-c4cnc5c(c4)CC[C@@]5(C)N)cc3c12. The highest BCUT2D eigenvalue weighted by molar-refractivity contribution is 5.98. The van der Waals surface area contributed by atoms with Crippen LogP contribution in [0.15, 0.2) is 48.8 Å². The fourth-order valence-corrected chi connectivity index (χ4v) is 6.25. The van der Waals surface area contributed by atoms with E-state index in [1.54, 1.807) is 16.9 Å². The summed E-state index contributed by atoms with van der Waals surface area (Å²) < 4.78 is 57.8. The van der Waals surface area contributed by atoms with Gasteiger partial charge < -0.3 is 15.4 Å². The number of carbonyl (C=O) groups is 1. The lowest BCUT2D eigenvalue weighted by Crippen LogP contribution is -2.30. The van der Waals surface area contributed by atoms with Crippen LogP contribution in [-0.4, -0.2) is 39.0 Å². The van der Waals surface area contributed by atoms with Crippen LogP contribution in [0.25, 0.3) is 16.6 Å². The van der Waals surface area contributed by atoms with Crippen LogP contribution in [-0.2, 0) is 12.0 Å². The Bertz CT molecular complexity index is 1720. The molecule has 1 amide bonds. The largest absolute Gasteiger partial charge is 0.434 e. The van der Waals surface area contributed by atoms with Gasteiger partial charge in [-0.25, -0.2) is 4.52 Å². The minimum atomic E-state index is -3.11. The maximum atomic E-state index is 13.6. The Balaban J connectivity index is 1.43. The molecule has 0 fully saturated rings. The number of ether oxygens (including phenoxy) is 1. The summed E-state index contributed by atoms with van der Waals surface area (Å²) in [5.74, 6) is -1.49. The topological polar surface area (TPSA) is 85.8 Å². The van der Waals surface area contributed by atoms with Crippen molar-refractivity contribution in [2.24, 2.45) is 5.73 Å². The van der Waals surface area contributed by atoms with Gasteiger partial charge in [-0.3, -0.25) is 9.78 Å². The smallest absolute Gasteiger partial charge is 0.387 e. The number of aromatic nitrogens is 3. The molecule has 1 aliphatic heterocycles. The van der Waals surface area contributed by atoms with Gasteiger partial charge in [0.15, 0.2) is 0 Å². The molecule has 0 unspecified atom stereocenters. The van der Waals surface area contributed by atoms with Crippen LogP contribution in [0.3, 0.4) is 0 Å².